The number of thiazole rings is 1. The molecule has 1 unspecified atom stereocenters. The van der Waals surface area contributed by atoms with Gasteiger partial charge in [-0.2, -0.15) is 4.98 Å². The summed E-state index contributed by atoms with van der Waals surface area (Å²) in [6.45, 7) is 0.887. The number of fused-ring (bicyclic) bond motifs is 1. The van der Waals surface area contributed by atoms with Gasteiger partial charge >= 0.3 is 0 Å². The molecule has 1 atom stereocenters. The summed E-state index contributed by atoms with van der Waals surface area (Å²) in [4.78, 5) is 32.0. The fourth-order valence-corrected chi connectivity index (χ4v) is 4.71. The molecule has 5 rings (SSSR count). The zero-order chi connectivity index (χ0) is 22.1. The van der Waals surface area contributed by atoms with Gasteiger partial charge in [0, 0.05) is 30.5 Å². The Labute approximate surface area is 188 Å². The number of aromatic nitrogens is 3. The first kappa shape index (κ1) is 20.2. The maximum atomic E-state index is 12.8. The van der Waals surface area contributed by atoms with Crippen LogP contribution >= 0.6 is 11.3 Å². The molecule has 3 heterocycles. The fourth-order valence-electron chi connectivity index (χ4n) is 3.89. The van der Waals surface area contributed by atoms with Gasteiger partial charge in [0.1, 0.15) is 5.75 Å². The molecule has 1 fully saturated rings. The van der Waals surface area contributed by atoms with Gasteiger partial charge in [0.05, 0.1) is 18.7 Å². The first-order valence-corrected chi connectivity index (χ1v) is 11.1. The topological polar surface area (TPSA) is 88.8 Å². The number of nitrogens with zero attached hydrogens (tertiary/aromatic N) is 4. The van der Waals surface area contributed by atoms with Gasteiger partial charge in [-0.3, -0.25) is 14.9 Å². The number of para-hydroxylation sites is 1. The number of amides is 2. The summed E-state index contributed by atoms with van der Waals surface area (Å²) in [6.07, 6.45) is 0.188. The maximum Gasteiger partial charge on any atom is 0.250 e. The average molecular weight is 448 g/mol. The van der Waals surface area contributed by atoms with E-state index in [-0.39, 0.29) is 24.2 Å². The molecule has 0 bridgehead atoms. The molecule has 9 heteroatoms. The number of benzene rings is 2. The van der Waals surface area contributed by atoms with Crippen molar-refractivity contribution in [1.29, 1.82) is 0 Å². The number of carbonyl (C=O) groups is 2. The predicted molar refractivity (Wildman–Crippen MR) is 121 cm³/mol. The van der Waals surface area contributed by atoms with E-state index in [1.807, 2.05) is 60.0 Å². The molecule has 0 spiro atoms. The molecule has 2 amide bonds. The molecule has 8 nitrogen and oxygen atoms in total. The normalized spacial score (nSPS) is 16.0. The third-order valence-electron chi connectivity index (χ3n) is 5.50. The number of hydrogen-bond acceptors (Lipinski definition) is 6. The van der Waals surface area contributed by atoms with E-state index in [9.17, 15) is 9.59 Å². The molecule has 0 aliphatic carbocycles. The van der Waals surface area contributed by atoms with Gasteiger partial charge in [-0.1, -0.05) is 42.5 Å². The second-order valence-electron chi connectivity index (χ2n) is 7.60. The summed E-state index contributed by atoms with van der Waals surface area (Å²) in [5, 5.41) is 9.21. The highest BCUT2D eigenvalue weighted by atomic mass is 32.1. The Hall–Kier alpha value is -3.72. The first-order chi connectivity index (χ1) is 15.6. The Balaban J connectivity index is 1.30. The van der Waals surface area contributed by atoms with E-state index < -0.39 is 5.92 Å². The minimum Gasteiger partial charge on any atom is -0.496 e. The zero-order valence-corrected chi connectivity index (χ0v) is 18.2. The monoisotopic (exact) mass is 447 g/mol. The molecule has 2 aromatic heterocycles. The van der Waals surface area contributed by atoms with E-state index in [4.69, 9.17) is 4.74 Å². The molecule has 162 valence electrons. The Morgan fingerprint density at radius 2 is 1.97 bits per heavy atom. The van der Waals surface area contributed by atoms with Gasteiger partial charge in [0.2, 0.25) is 22.7 Å². The van der Waals surface area contributed by atoms with Crippen LogP contribution in [0.15, 0.2) is 60.0 Å². The zero-order valence-electron chi connectivity index (χ0n) is 17.4. The second-order valence-corrected chi connectivity index (χ2v) is 8.44. The number of methoxy groups -OCH3 is 1. The summed E-state index contributed by atoms with van der Waals surface area (Å²) in [6, 6.07) is 17.4. The number of anilines is 1. The van der Waals surface area contributed by atoms with Crippen LogP contribution in [0.1, 0.15) is 12.0 Å². The Morgan fingerprint density at radius 1 is 1.19 bits per heavy atom. The maximum absolute atomic E-state index is 12.8. The quantitative estimate of drug-likeness (QED) is 0.489. The molecule has 1 N–H and O–H groups in total. The second kappa shape index (κ2) is 8.43. The van der Waals surface area contributed by atoms with Crippen molar-refractivity contribution in [3.8, 4) is 17.0 Å². The molecular weight excluding hydrogens is 426 g/mol. The molecule has 4 aromatic rings. The molecule has 32 heavy (non-hydrogen) atoms. The van der Waals surface area contributed by atoms with Crippen molar-refractivity contribution in [2.45, 2.75) is 13.0 Å². The van der Waals surface area contributed by atoms with Crippen molar-refractivity contribution < 1.29 is 14.3 Å². The highest BCUT2D eigenvalue weighted by Gasteiger charge is 2.34. The third kappa shape index (κ3) is 3.82. The van der Waals surface area contributed by atoms with Gasteiger partial charge in [-0.25, -0.2) is 4.52 Å². The van der Waals surface area contributed by atoms with Gasteiger partial charge < -0.3 is 9.64 Å². The van der Waals surface area contributed by atoms with Crippen LogP contribution in [-0.2, 0) is 16.1 Å². The van der Waals surface area contributed by atoms with Crippen LogP contribution in [0.4, 0.5) is 5.95 Å². The minimum absolute atomic E-state index is 0.0220. The molecule has 0 radical (unpaired) electrons. The number of hydrogen-bond donors (Lipinski definition) is 1. The van der Waals surface area contributed by atoms with E-state index in [1.54, 1.807) is 16.5 Å². The lowest BCUT2D eigenvalue weighted by Gasteiger charge is -2.16. The Bertz CT molecular complexity index is 1280. The molecule has 1 aliphatic heterocycles. The number of likely N-dealkylation sites (tertiary alicyclic amines) is 1. The Morgan fingerprint density at radius 3 is 2.78 bits per heavy atom. The average Bonchev–Trinajstić information content (AvgIpc) is 3.49. The summed E-state index contributed by atoms with van der Waals surface area (Å²) in [5.41, 5.74) is 2.77. The number of rotatable bonds is 6. The number of carbonyl (C=O) groups excluding carboxylic acids is 2. The lowest BCUT2D eigenvalue weighted by atomic mass is 10.1. The summed E-state index contributed by atoms with van der Waals surface area (Å²) in [7, 11) is 1.62. The van der Waals surface area contributed by atoms with E-state index in [2.05, 4.69) is 15.4 Å². The van der Waals surface area contributed by atoms with Crippen LogP contribution in [-0.4, -0.2) is 45.0 Å². The SMILES string of the molecule is COc1ccccc1-c1csc2nc(NC(=O)C3CC(=O)N(Cc4ccccc4)C3)nn12. The largest absolute Gasteiger partial charge is 0.496 e. The van der Waals surface area contributed by atoms with Crippen molar-refractivity contribution in [2.75, 3.05) is 19.0 Å². The van der Waals surface area contributed by atoms with Crippen molar-refractivity contribution in [3.63, 3.8) is 0 Å². The van der Waals surface area contributed by atoms with Gasteiger partial charge in [0.25, 0.3) is 0 Å². The number of nitrogens with one attached hydrogen (secondary N) is 1. The van der Waals surface area contributed by atoms with Crippen LogP contribution in [0.5, 0.6) is 5.75 Å². The predicted octanol–water partition coefficient (Wildman–Crippen LogP) is 3.45. The first-order valence-electron chi connectivity index (χ1n) is 10.2. The van der Waals surface area contributed by atoms with Crippen LogP contribution in [0, 0.1) is 5.92 Å². The standard InChI is InChI=1S/C23H21N5O3S/c1-31-19-10-6-5-9-17(19)18-14-32-23-25-22(26-28(18)23)24-21(30)16-11-20(29)27(13-16)12-15-7-3-2-4-8-15/h2-10,14,16H,11-13H2,1H3,(H,24,26,30). The lowest BCUT2D eigenvalue weighted by molar-refractivity contribution is -0.128. The fraction of sp³-hybridized carbons (Fsp3) is 0.217. The van der Waals surface area contributed by atoms with Crippen LogP contribution < -0.4 is 10.1 Å². The van der Waals surface area contributed by atoms with E-state index in [0.29, 0.717) is 18.1 Å². The van der Waals surface area contributed by atoms with Crippen molar-refractivity contribution in [2.24, 2.45) is 5.92 Å². The van der Waals surface area contributed by atoms with Gasteiger partial charge in [0.15, 0.2) is 0 Å². The van der Waals surface area contributed by atoms with E-state index in [1.165, 1.54) is 11.3 Å². The van der Waals surface area contributed by atoms with Crippen molar-refractivity contribution >= 4 is 34.1 Å². The van der Waals surface area contributed by atoms with Gasteiger partial charge in [-0.15, -0.1) is 16.4 Å². The summed E-state index contributed by atoms with van der Waals surface area (Å²) in [5.74, 6) is 0.266. The van der Waals surface area contributed by atoms with Crippen LogP contribution in [0.3, 0.4) is 0 Å². The van der Waals surface area contributed by atoms with E-state index in [0.717, 1.165) is 22.6 Å². The highest BCUT2D eigenvalue weighted by molar-refractivity contribution is 7.15. The molecule has 1 aliphatic rings. The number of ether oxygens (including phenoxy) is 1. The van der Waals surface area contributed by atoms with Crippen molar-refractivity contribution in [1.82, 2.24) is 19.5 Å². The summed E-state index contributed by atoms with van der Waals surface area (Å²) < 4.78 is 7.15. The van der Waals surface area contributed by atoms with Crippen molar-refractivity contribution in [3.05, 3.63) is 65.5 Å². The van der Waals surface area contributed by atoms with Gasteiger partial charge in [-0.05, 0) is 17.7 Å². The summed E-state index contributed by atoms with van der Waals surface area (Å²) >= 11 is 1.43. The molecule has 2 aromatic carbocycles. The molecule has 1 saturated heterocycles. The van der Waals surface area contributed by atoms with E-state index >= 15 is 0 Å². The third-order valence-corrected chi connectivity index (χ3v) is 6.32. The minimum atomic E-state index is -0.429. The highest BCUT2D eigenvalue weighted by Crippen LogP contribution is 2.32. The molecule has 0 saturated carbocycles. The smallest absolute Gasteiger partial charge is 0.250 e. The molecular formula is C23H21N5O3S. The van der Waals surface area contributed by atoms with Crippen LogP contribution in [0.2, 0.25) is 0 Å². The lowest BCUT2D eigenvalue weighted by Crippen LogP contribution is -2.28. The Kier molecular flexibility index (Phi) is 5.32. The van der Waals surface area contributed by atoms with Crippen LogP contribution in [0.25, 0.3) is 16.2 Å².